The molecule has 0 saturated carbocycles. The smallest absolute Gasteiger partial charge is 0.260 e. The van der Waals surface area contributed by atoms with Gasteiger partial charge in [-0.15, -0.1) is 22.7 Å². The highest BCUT2D eigenvalue weighted by atomic mass is 32.1. The van der Waals surface area contributed by atoms with E-state index < -0.39 is 0 Å². The Bertz CT molecular complexity index is 798. The van der Waals surface area contributed by atoms with E-state index >= 15 is 0 Å². The Balaban J connectivity index is 1.78. The van der Waals surface area contributed by atoms with Crippen LogP contribution < -0.4 is 5.32 Å². The minimum absolute atomic E-state index is 0.187. The number of anilines is 1. The predicted molar refractivity (Wildman–Crippen MR) is 86.3 cm³/mol. The van der Waals surface area contributed by atoms with Crippen LogP contribution in [0, 0.1) is 20.8 Å². The van der Waals surface area contributed by atoms with Crippen molar-refractivity contribution in [3.8, 4) is 10.6 Å². The van der Waals surface area contributed by atoms with Gasteiger partial charge in [-0.2, -0.15) is 0 Å². The fourth-order valence-electron chi connectivity index (χ4n) is 2.04. The standard InChI is InChI=1S/C15H14N2O2S2/c1-8-6-11(10(3)19-8)14(18)17-15-16-12(7-20-15)13-5-4-9(2)21-13/h4-7H,1-3H3,(H,16,17,18). The van der Waals surface area contributed by atoms with Gasteiger partial charge < -0.3 is 4.42 Å². The molecule has 3 aromatic rings. The lowest BCUT2D eigenvalue weighted by atomic mass is 10.2. The maximum atomic E-state index is 12.2. The number of hydrogen-bond donors (Lipinski definition) is 1. The number of aromatic nitrogens is 1. The average Bonchev–Trinajstić information content (AvgIpc) is 3.10. The van der Waals surface area contributed by atoms with Gasteiger partial charge in [0.05, 0.1) is 16.1 Å². The van der Waals surface area contributed by atoms with Crippen molar-refractivity contribution in [2.24, 2.45) is 0 Å². The summed E-state index contributed by atoms with van der Waals surface area (Å²) in [5.74, 6) is 1.16. The lowest BCUT2D eigenvalue weighted by molar-refractivity contribution is 0.102. The van der Waals surface area contributed by atoms with Crippen LogP contribution in [0.2, 0.25) is 0 Å². The molecule has 0 aliphatic carbocycles. The van der Waals surface area contributed by atoms with E-state index in [9.17, 15) is 4.79 Å². The van der Waals surface area contributed by atoms with E-state index in [0.29, 0.717) is 16.5 Å². The Morgan fingerprint density at radius 1 is 1.29 bits per heavy atom. The third-order valence-corrected chi connectivity index (χ3v) is 4.78. The van der Waals surface area contributed by atoms with E-state index in [0.717, 1.165) is 16.3 Å². The number of hydrogen-bond acceptors (Lipinski definition) is 5. The lowest BCUT2D eigenvalue weighted by Gasteiger charge is -1.99. The molecule has 0 radical (unpaired) electrons. The second kappa shape index (κ2) is 5.46. The normalized spacial score (nSPS) is 10.8. The molecule has 0 aliphatic rings. The first kappa shape index (κ1) is 14.0. The van der Waals surface area contributed by atoms with Crippen molar-refractivity contribution in [1.29, 1.82) is 0 Å². The van der Waals surface area contributed by atoms with Gasteiger partial charge in [0.25, 0.3) is 5.91 Å². The summed E-state index contributed by atoms with van der Waals surface area (Å²) >= 11 is 3.11. The maximum Gasteiger partial charge on any atom is 0.260 e. The van der Waals surface area contributed by atoms with Gasteiger partial charge in [-0.25, -0.2) is 4.98 Å². The second-order valence-corrected chi connectivity index (χ2v) is 6.88. The highest BCUT2D eigenvalue weighted by molar-refractivity contribution is 7.17. The second-order valence-electron chi connectivity index (χ2n) is 4.73. The third kappa shape index (κ3) is 2.91. The van der Waals surface area contributed by atoms with Crippen LogP contribution in [0.5, 0.6) is 0 Å². The zero-order chi connectivity index (χ0) is 15.0. The minimum Gasteiger partial charge on any atom is -0.466 e. The van der Waals surface area contributed by atoms with Gasteiger partial charge in [0.15, 0.2) is 5.13 Å². The van der Waals surface area contributed by atoms with Crippen molar-refractivity contribution in [1.82, 2.24) is 4.98 Å². The largest absolute Gasteiger partial charge is 0.466 e. The molecule has 0 aliphatic heterocycles. The highest BCUT2D eigenvalue weighted by Crippen LogP contribution is 2.30. The molecule has 0 unspecified atom stereocenters. The van der Waals surface area contributed by atoms with Crippen LogP contribution in [0.3, 0.4) is 0 Å². The Labute approximate surface area is 130 Å². The summed E-state index contributed by atoms with van der Waals surface area (Å²) in [6, 6.07) is 5.85. The van der Waals surface area contributed by atoms with Gasteiger partial charge in [0.2, 0.25) is 0 Å². The molecule has 108 valence electrons. The zero-order valence-corrected chi connectivity index (χ0v) is 13.5. The number of furan rings is 1. The summed E-state index contributed by atoms with van der Waals surface area (Å²) < 4.78 is 5.37. The Morgan fingerprint density at radius 2 is 2.10 bits per heavy atom. The van der Waals surface area contributed by atoms with Crippen LogP contribution in [-0.4, -0.2) is 10.9 Å². The maximum absolute atomic E-state index is 12.2. The summed E-state index contributed by atoms with van der Waals surface area (Å²) in [7, 11) is 0. The molecular formula is C15H14N2O2S2. The van der Waals surface area contributed by atoms with Gasteiger partial charge >= 0.3 is 0 Å². The molecule has 3 heterocycles. The molecule has 0 spiro atoms. The lowest BCUT2D eigenvalue weighted by Crippen LogP contribution is -2.11. The molecule has 6 heteroatoms. The molecule has 0 fully saturated rings. The number of carbonyl (C=O) groups excluding carboxylic acids is 1. The summed E-state index contributed by atoms with van der Waals surface area (Å²) in [5.41, 5.74) is 1.45. The number of thiophene rings is 1. The van der Waals surface area contributed by atoms with E-state index in [1.807, 2.05) is 18.4 Å². The van der Waals surface area contributed by atoms with Crippen LogP contribution in [0.15, 0.2) is 28.0 Å². The quantitative estimate of drug-likeness (QED) is 0.765. The SMILES string of the molecule is Cc1cc(C(=O)Nc2nc(-c3ccc(C)s3)cs2)c(C)o1. The number of carbonyl (C=O) groups is 1. The van der Waals surface area contributed by atoms with Crippen LogP contribution in [0.25, 0.3) is 10.6 Å². The number of amides is 1. The Hall–Kier alpha value is -1.92. The Morgan fingerprint density at radius 3 is 2.71 bits per heavy atom. The van der Waals surface area contributed by atoms with Crippen molar-refractivity contribution >= 4 is 33.7 Å². The first-order valence-electron chi connectivity index (χ1n) is 6.43. The van der Waals surface area contributed by atoms with Crippen LogP contribution >= 0.6 is 22.7 Å². The average molecular weight is 318 g/mol. The van der Waals surface area contributed by atoms with E-state index in [4.69, 9.17) is 4.42 Å². The van der Waals surface area contributed by atoms with Gasteiger partial charge in [-0.3, -0.25) is 10.1 Å². The van der Waals surface area contributed by atoms with Crippen LogP contribution in [-0.2, 0) is 0 Å². The van der Waals surface area contributed by atoms with Gasteiger partial charge in [0.1, 0.15) is 11.5 Å². The highest BCUT2D eigenvalue weighted by Gasteiger charge is 2.15. The molecule has 0 aromatic carbocycles. The van der Waals surface area contributed by atoms with Crippen molar-refractivity contribution < 1.29 is 9.21 Å². The first-order valence-corrected chi connectivity index (χ1v) is 8.13. The first-order chi connectivity index (χ1) is 10.0. The number of nitrogens with one attached hydrogen (secondary N) is 1. The van der Waals surface area contributed by atoms with Crippen molar-refractivity contribution in [2.45, 2.75) is 20.8 Å². The number of nitrogens with zero attached hydrogens (tertiary/aromatic N) is 1. The summed E-state index contributed by atoms with van der Waals surface area (Å²) in [6.45, 7) is 5.67. The van der Waals surface area contributed by atoms with Crippen molar-refractivity contribution in [2.75, 3.05) is 5.32 Å². The molecule has 1 amide bonds. The predicted octanol–water partition coefficient (Wildman–Crippen LogP) is 4.64. The monoisotopic (exact) mass is 318 g/mol. The molecule has 1 N–H and O–H groups in total. The molecule has 4 nitrogen and oxygen atoms in total. The minimum atomic E-state index is -0.187. The topological polar surface area (TPSA) is 55.1 Å². The fraction of sp³-hybridized carbons (Fsp3) is 0.200. The zero-order valence-electron chi connectivity index (χ0n) is 11.9. The molecule has 0 bridgehead atoms. The molecule has 3 aromatic heterocycles. The molecule has 0 atom stereocenters. The van der Waals surface area contributed by atoms with Crippen LogP contribution in [0.4, 0.5) is 5.13 Å². The van der Waals surface area contributed by atoms with Crippen molar-refractivity contribution in [3.05, 3.63) is 45.5 Å². The molecule has 21 heavy (non-hydrogen) atoms. The van der Waals surface area contributed by atoms with Crippen molar-refractivity contribution in [3.63, 3.8) is 0 Å². The fourth-order valence-corrected chi connectivity index (χ4v) is 3.65. The summed E-state index contributed by atoms with van der Waals surface area (Å²) in [4.78, 5) is 19.0. The van der Waals surface area contributed by atoms with E-state index in [-0.39, 0.29) is 5.91 Å². The van der Waals surface area contributed by atoms with E-state index in [2.05, 4.69) is 23.3 Å². The Kier molecular flexibility index (Phi) is 3.65. The molecular weight excluding hydrogens is 304 g/mol. The molecule has 3 rings (SSSR count). The summed E-state index contributed by atoms with van der Waals surface area (Å²) in [6.07, 6.45) is 0. The summed E-state index contributed by atoms with van der Waals surface area (Å²) in [5, 5.41) is 5.37. The number of rotatable bonds is 3. The van der Waals surface area contributed by atoms with Crippen LogP contribution in [0.1, 0.15) is 26.8 Å². The van der Waals surface area contributed by atoms with Gasteiger partial charge in [0, 0.05) is 10.3 Å². The van der Waals surface area contributed by atoms with Gasteiger partial charge in [-0.05, 0) is 39.0 Å². The van der Waals surface area contributed by atoms with Gasteiger partial charge in [-0.1, -0.05) is 0 Å². The molecule has 0 saturated heterocycles. The van der Waals surface area contributed by atoms with E-state index in [1.165, 1.54) is 16.2 Å². The number of thiazole rings is 1. The number of aryl methyl sites for hydroxylation is 3. The van der Waals surface area contributed by atoms with E-state index in [1.54, 1.807) is 24.3 Å². The third-order valence-electron chi connectivity index (χ3n) is 3.00.